The average Bonchev–Trinajstić information content (AvgIpc) is 2.71. The molecule has 2 fully saturated rings. The first-order valence-electron chi connectivity index (χ1n) is 5.22. The molecule has 80 valence electrons. The maximum Gasteiger partial charge on any atom is 0.321 e. The topological polar surface area (TPSA) is 49.3 Å². The van der Waals surface area contributed by atoms with E-state index in [0.29, 0.717) is 10.8 Å². The summed E-state index contributed by atoms with van der Waals surface area (Å²) in [5.74, 6) is 0.0110. The number of thioether (sulfide) groups is 1. The molecule has 1 aliphatic carbocycles. The SMILES string of the molecule is CC1(C2NC(C(=O)O)CS2)CCCC1. The van der Waals surface area contributed by atoms with Crippen LogP contribution in [-0.4, -0.2) is 28.2 Å². The molecule has 2 atom stereocenters. The summed E-state index contributed by atoms with van der Waals surface area (Å²) >= 11 is 1.78. The minimum atomic E-state index is -0.707. The molecule has 0 aromatic rings. The molecular weight excluding hydrogens is 198 g/mol. The van der Waals surface area contributed by atoms with E-state index in [4.69, 9.17) is 5.11 Å². The van der Waals surface area contributed by atoms with Crippen LogP contribution in [0, 0.1) is 5.41 Å². The van der Waals surface area contributed by atoms with E-state index in [1.807, 2.05) is 0 Å². The fourth-order valence-corrected chi connectivity index (χ4v) is 3.98. The summed E-state index contributed by atoms with van der Waals surface area (Å²) in [4.78, 5) is 10.8. The smallest absolute Gasteiger partial charge is 0.321 e. The van der Waals surface area contributed by atoms with E-state index in [2.05, 4.69) is 12.2 Å². The zero-order valence-electron chi connectivity index (χ0n) is 8.45. The van der Waals surface area contributed by atoms with Crippen LogP contribution >= 0.6 is 11.8 Å². The van der Waals surface area contributed by atoms with E-state index in [9.17, 15) is 4.79 Å². The predicted molar refractivity (Wildman–Crippen MR) is 57.4 cm³/mol. The van der Waals surface area contributed by atoms with Gasteiger partial charge < -0.3 is 5.11 Å². The van der Waals surface area contributed by atoms with E-state index >= 15 is 0 Å². The van der Waals surface area contributed by atoms with Crippen LogP contribution < -0.4 is 5.32 Å². The van der Waals surface area contributed by atoms with Crippen molar-refractivity contribution in [1.29, 1.82) is 0 Å². The van der Waals surface area contributed by atoms with Gasteiger partial charge in [-0.3, -0.25) is 10.1 Å². The number of carbonyl (C=O) groups is 1. The fraction of sp³-hybridized carbons (Fsp3) is 0.900. The first-order chi connectivity index (χ1) is 6.62. The zero-order chi connectivity index (χ0) is 10.2. The fourth-order valence-electron chi connectivity index (χ4n) is 2.46. The minimum Gasteiger partial charge on any atom is -0.480 e. The van der Waals surface area contributed by atoms with Gasteiger partial charge in [-0.2, -0.15) is 0 Å². The Balaban J connectivity index is 1.97. The van der Waals surface area contributed by atoms with E-state index in [-0.39, 0.29) is 6.04 Å². The summed E-state index contributed by atoms with van der Waals surface area (Å²) in [5.41, 5.74) is 0.328. The molecule has 2 N–H and O–H groups in total. The van der Waals surface area contributed by atoms with Crippen LogP contribution in [0.1, 0.15) is 32.6 Å². The quantitative estimate of drug-likeness (QED) is 0.736. The first kappa shape index (κ1) is 10.3. The highest BCUT2D eigenvalue weighted by molar-refractivity contribution is 8.00. The molecule has 1 saturated carbocycles. The van der Waals surface area contributed by atoms with Gasteiger partial charge in [0.15, 0.2) is 0 Å². The van der Waals surface area contributed by atoms with Gasteiger partial charge in [-0.25, -0.2) is 0 Å². The highest BCUT2D eigenvalue weighted by Crippen LogP contribution is 2.46. The lowest BCUT2D eigenvalue weighted by Crippen LogP contribution is -2.42. The zero-order valence-corrected chi connectivity index (χ0v) is 9.27. The second-order valence-electron chi connectivity index (χ2n) is 4.63. The summed E-state index contributed by atoms with van der Waals surface area (Å²) in [6.45, 7) is 2.29. The van der Waals surface area contributed by atoms with Crippen molar-refractivity contribution in [3.8, 4) is 0 Å². The number of aliphatic carboxylic acids is 1. The molecule has 0 aromatic heterocycles. The van der Waals surface area contributed by atoms with Crippen molar-refractivity contribution < 1.29 is 9.90 Å². The van der Waals surface area contributed by atoms with Gasteiger partial charge in [-0.05, 0) is 18.3 Å². The molecule has 0 bridgehead atoms. The Bertz CT molecular complexity index is 238. The Kier molecular flexibility index (Phi) is 2.75. The minimum absolute atomic E-state index is 0.328. The Morgan fingerprint density at radius 3 is 2.64 bits per heavy atom. The van der Waals surface area contributed by atoms with Gasteiger partial charge >= 0.3 is 5.97 Å². The Morgan fingerprint density at radius 1 is 1.50 bits per heavy atom. The van der Waals surface area contributed by atoms with E-state index in [1.165, 1.54) is 25.7 Å². The molecule has 0 amide bonds. The summed E-state index contributed by atoms with van der Waals surface area (Å²) < 4.78 is 0. The highest BCUT2D eigenvalue weighted by atomic mass is 32.2. The third-order valence-corrected chi connectivity index (χ3v) is 5.02. The van der Waals surface area contributed by atoms with Crippen molar-refractivity contribution in [2.75, 3.05) is 5.75 Å². The van der Waals surface area contributed by atoms with Gasteiger partial charge in [-0.1, -0.05) is 19.8 Å². The molecule has 2 unspecified atom stereocenters. The van der Waals surface area contributed by atoms with Crippen molar-refractivity contribution in [1.82, 2.24) is 5.32 Å². The molecule has 1 heterocycles. The summed E-state index contributed by atoms with van der Waals surface area (Å²) in [5, 5.41) is 12.5. The van der Waals surface area contributed by atoms with E-state index in [1.54, 1.807) is 11.8 Å². The summed E-state index contributed by atoms with van der Waals surface area (Å²) in [6, 6.07) is -0.331. The van der Waals surface area contributed by atoms with Crippen molar-refractivity contribution in [3.63, 3.8) is 0 Å². The molecule has 14 heavy (non-hydrogen) atoms. The molecule has 4 heteroatoms. The van der Waals surface area contributed by atoms with Crippen LogP contribution in [0.15, 0.2) is 0 Å². The van der Waals surface area contributed by atoms with Crippen molar-refractivity contribution in [2.24, 2.45) is 5.41 Å². The van der Waals surface area contributed by atoms with E-state index < -0.39 is 5.97 Å². The maximum atomic E-state index is 10.8. The number of nitrogens with one attached hydrogen (secondary N) is 1. The van der Waals surface area contributed by atoms with Crippen molar-refractivity contribution >= 4 is 17.7 Å². The van der Waals surface area contributed by atoms with Crippen LogP contribution in [0.3, 0.4) is 0 Å². The lowest BCUT2D eigenvalue weighted by Gasteiger charge is -2.30. The number of carboxylic acid groups (broad SMARTS) is 1. The molecular formula is C10H17NO2S. The second kappa shape index (κ2) is 3.74. The Hall–Kier alpha value is -0.220. The van der Waals surface area contributed by atoms with Gasteiger partial charge in [0.2, 0.25) is 0 Å². The largest absolute Gasteiger partial charge is 0.480 e. The van der Waals surface area contributed by atoms with Crippen LogP contribution in [-0.2, 0) is 4.79 Å². The number of hydrogen-bond acceptors (Lipinski definition) is 3. The standard InChI is InChI=1S/C10H17NO2S/c1-10(4-2-3-5-10)9-11-7(6-14-9)8(12)13/h7,9,11H,2-6H2,1H3,(H,12,13). The van der Waals surface area contributed by atoms with Gasteiger partial charge in [-0.15, -0.1) is 11.8 Å². The maximum absolute atomic E-state index is 10.8. The highest BCUT2D eigenvalue weighted by Gasteiger charge is 2.42. The van der Waals surface area contributed by atoms with Gasteiger partial charge in [0.05, 0.1) is 5.37 Å². The number of hydrogen-bond donors (Lipinski definition) is 2. The average molecular weight is 215 g/mol. The summed E-state index contributed by atoms with van der Waals surface area (Å²) in [6.07, 6.45) is 5.08. The Labute approximate surface area is 88.6 Å². The first-order valence-corrected chi connectivity index (χ1v) is 6.27. The molecule has 3 nitrogen and oxygen atoms in total. The predicted octanol–water partition coefficient (Wildman–Crippen LogP) is 1.68. The molecule has 0 radical (unpaired) electrons. The van der Waals surface area contributed by atoms with Gasteiger partial charge in [0, 0.05) is 5.75 Å². The lowest BCUT2D eigenvalue weighted by atomic mass is 9.88. The lowest BCUT2D eigenvalue weighted by molar-refractivity contribution is -0.138. The Morgan fingerprint density at radius 2 is 2.14 bits per heavy atom. The number of rotatable bonds is 2. The van der Waals surface area contributed by atoms with Crippen LogP contribution in [0.5, 0.6) is 0 Å². The second-order valence-corrected chi connectivity index (χ2v) is 5.77. The normalized spacial score (nSPS) is 36.1. The molecule has 1 saturated heterocycles. The molecule has 0 spiro atoms. The van der Waals surface area contributed by atoms with Crippen LogP contribution in [0.2, 0.25) is 0 Å². The van der Waals surface area contributed by atoms with Gasteiger partial charge in [0.1, 0.15) is 6.04 Å². The third kappa shape index (κ3) is 1.77. The molecule has 2 rings (SSSR count). The monoisotopic (exact) mass is 215 g/mol. The van der Waals surface area contributed by atoms with E-state index in [0.717, 1.165) is 5.75 Å². The van der Waals surface area contributed by atoms with Crippen molar-refractivity contribution in [2.45, 2.75) is 44.0 Å². The molecule has 0 aromatic carbocycles. The third-order valence-electron chi connectivity index (χ3n) is 3.46. The van der Waals surface area contributed by atoms with Crippen LogP contribution in [0.25, 0.3) is 0 Å². The van der Waals surface area contributed by atoms with Gasteiger partial charge in [0.25, 0.3) is 0 Å². The molecule has 1 aliphatic heterocycles. The molecule has 2 aliphatic rings. The van der Waals surface area contributed by atoms with Crippen LogP contribution in [0.4, 0.5) is 0 Å². The van der Waals surface area contributed by atoms with Crippen molar-refractivity contribution in [3.05, 3.63) is 0 Å². The number of carboxylic acids is 1. The summed E-state index contributed by atoms with van der Waals surface area (Å²) in [7, 11) is 0.